The number of nitrogens with zero attached hydrogens (tertiary/aromatic N) is 2. The number of nitrogen functional groups attached to an aromatic ring is 1. The minimum absolute atomic E-state index is 0.0235. The summed E-state index contributed by atoms with van der Waals surface area (Å²) >= 11 is 0. The summed E-state index contributed by atoms with van der Waals surface area (Å²) in [5.74, 6) is 0.0561. The highest BCUT2D eigenvalue weighted by atomic mass is 19.4. The highest BCUT2D eigenvalue weighted by Gasteiger charge is 2.44. The standard InChI is InChI=1S/C27H34F3N3O3/c1-25(2,3)36-24(34)32-16-13-26(14-17-32)12-7-15-33(18-26)23-20(31)10-11-21(22(23)27(28,29)30)35-19-8-5-4-6-9-19/h4-6,8-11H,7,12-18,31H2,1-3H3. The number of halogens is 3. The van der Waals surface area contributed by atoms with E-state index in [4.69, 9.17) is 15.2 Å². The summed E-state index contributed by atoms with van der Waals surface area (Å²) < 4.78 is 54.5. The Morgan fingerprint density at radius 1 is 0.972 bits per heavy atom. The number of ether oxygens (including phenoxy) is 2. The lowest BCUT2D eigenvalue weighted by Crippen LogP contribution is -2.51. The van der Waals surface area contributed by atoms with Crippen LogP contribution in [0.2, 0.25) is 0 Å². The number of hydrogen-bond acceptors (Lipinski definition) is 5. The Balaban J connectivity index is 1.58. The normalized spacial score (nSPS) is 18.3. The lowest BCUT2D eigenvalue weighted by molar-refractivity contribution is -0.138. The topological polar surface area (TPSA) is 68.0 Å². The number of carbonyl (C=O) groups is 1. The Kier molecular flexibility index (Phi) is 7.03. The molecule has 0 aliphatic carbocycles. The van der Waals surface area contributed by atoms with Crippen molar-refractivity contribution in [2.45, 2.75) is 58.2 Å². The first-order valence-corrected chi connectivity index (χ1v) is 12.3. The Morgan fingerprint density at radius 2 is 1.64 bits per heavy atom. The minimum Gasteiger partial charge on any atom is -0.457 e. The number of amides is 1. The smallest absolute Gasteiger partial charge is 0.422 e. The third-order valence-electron chi connectivity index (χ3n) is 6.88. The molecule has 2 aromatic rings. The van der Waals surface area contributed by atoms with Crippen LogP contribution in [0.25, 0.3) is 0 Å². The third-order valence-corrected chi connectivity index (χ3v) is 6.88. The molecule has 2 N–H and O–H groups in total. The highest BCUT2D eigenvalue weighted by Crippen LogP contribution is 2.49. The van der Waals surface area contributed by atoms with Crippen LogP contribution in [0.3, 0.4) is 0 Å². The van der Waals surface area contributed by atoms with Gasteiger partial charge >= 0.3 is 12.3 Å². The van der Waals surface area contributed by atoms with Gasteiger partial charge in [-0.1, -0.05) is 18.2 Å². The zero-order valence-corrected chi connectivity index (χ0v) is 21.0. The zero-order valence-electron chi connectivity index (χ0n) is 21.0. The number of benzene rings is 2. The van der Waals surface area contributed by atoms with E-state index >= 15 is 0 Å². The van der Waals surface area contributed by atoms with Crippen LogP contribution in [0.15, 0.2) is 42.5 Å². The summed E-state index contributed by atoms with van der Waals surface area (Å²) in [6.45, 7) is 7.43. The fourth-order valence-electron chi connectivity index (χ4n) is 5.20. The van der Waals surface area contributed by atoms with Crippen molar-refractivity contribution < 1.29 is 27.4 Å². The van der Waals surface area contributed by atoms with Gasteiger partial charge < -0.3 is 25.0 Å². The lowest BCUT2D eigenvalue weighted by atomic mass is 9.72. The molecule has 1 amide bonds. The van der Waals surface area contributed by atoms with Crippen molar-refractivity contribution in [3.8, 4) is 11.5 Å². The van der Waals surface area contributed by atoms with Crippen molar-refractivity contribution in [2.75, 3.05) is 36.8 Å². The van der Waals surface area contributed by atoms with E-state index in [1.807, 2.05) is 20.8 Å². The number of piperidine rings is 2. The number of anilines is 2. The monoisotopic (exact) mass is 505 g/mol. The predicted molar refractivity (Wildman–Crippen MR) is 133 cm³/mol. The van der Waals surface area contributed by atoms with Crippen LogP contribution in [0.1, 0.15) is 52.0 Å². The average Bonchev–Trinajstić information content (AvgIpc) is 2.79. The summed E-state index contributed by atoms with van der Waals surface area (Å²) in [5.41, 5.74) is 4.61. The van der Waals surface area contributed by atoms with Crippen LogP contribution in [-0.4, -0.2) is 42.8 Å². The van der Waals surface area contributed by atoms with Gasteiger partial charge in [-0.15, -0.1) is 0 Å². The Bertz CT molecular complexity index is 1080. The zero-order chi connectivity index (χ0) is 26.1. The molecular formula is C27H34F3N3O3. The Morgan fingerprint density at radius 3 is 2.25 bits per heavy atom. The average molecular weight is 506 g/mol. The van der Waals surface area contributed by atoms with Gasteiger partial charge in [0.05, 0.1) is 11.4 Å². The molecule has 4 rings (SSSR count). The van der Waals surface area contributed by atoms with Crippen LogP contribution >= 0.6 is 0 Å². The first-order valence-electron chi connectivity index (χ1n) is 12.3. The molecule has 0 atom stereocenters. The molecule has 2 fully saturated rings. The van der Waals surface area contributed by atoms with Crippen LogP contribution in [0, 0.1) is 5.41 Å². The number of para-hydroxylation sites is 1. The molecule has 0 bridgehead atoms. The van der Waals surface area contributed by atoms with Crippen molar-refractivity contribution in [3.05, 3.63) is 48.0 Å². The van der Waals surface area contributed by atoms with Crippen LogP contribution in [-0.2, 0) is 10.9 Å². The fourth-order valence-corrected chi connectivity index (χ4v) is 5.20. The van der Waals surface area contributed by atoms with Gasteiger partial charge in [-0.25, -0.2) is 4.79 Å². The summed E-state index contributed by atoms with van der Waals surface area (Å²) in [4.78, 5) is 16.0. The van der Waals surface area contributed by atoms with E-state index in [2.05, 4.69) is 0 Å². The lowest BCUT2D eigenvalue weighted by Gasteiger charge is -2.48. The van der Waals surface area contributed by atoms with Crippen LogP contribution < -0.4 is 15.4 Å². The molecule has 2 aliphatic rings. The van der Waals surface area contributed by atoms with E-state index in [9.17, 15) is 18.0 Å². The van der Waals surface area contributed by atoms with Gasteiger partial charge in [0.25, 0.3) is 0 Å². The van der Waals surface area contributed by atoms with Crippen LogP contribution in [0.5, 0.6) is 11.5 Å². The van der Waals surface area contributed by atoms with E-state index in [0.29, 0.717) is 44.8 Å². The molecule has 0 aromatic heterocycles. The molecule has 0 radical (unpaired) electrons. The number of hydrogen-bond donors (Lipinski definition) is 1. The second-order valence-corrected chi connectivity index (χ2v) is 10.8. The number of alkyl halides is 3. The molecule has 2 aliphatic heterocycles. The Labute approximate surface area is 210 Å². The van der Waals surface area contributed by atoms with Gasteiger partial charge in [0.2, 0.25) is 0 Å². The van der Waals surface area contributed by atoms with Crippen molar-refractivity contribution in [1.29, 1.82) is 0 Å². The van der Waals surface area contributed by atoms with Crippen molar-refractivity contribution in [1.82, 2.24) is 4.90 Å². The molecule has 0 unspecified atom stereocenters. The van der Waals surface area contributed by atoms with E-state index in [1.54, 1.807) is 40.1 Å². The minimum atomic E-state index is -4.65. The van der Waals surface area contributed by atoms with Gasteiger partial charge in [-0.05, 0) is 76.1 Å². The summed E-state index contributed by atoms with van der Waals surface area (Å²) in [5, 5.41) is 0. The number of nitrogens with two attached hydrogens (primary N) is 1. The SMILES string of the molecule is CC(C)(C)OC(=O)N1CCC2(CCCN(c3c(N)ccc(Oc4ccccc4)c3C(F)(F)F)C2)CC1. The van der Waals surface area contributed by atoms with E-state index in [-0.39, 0.29) is 28.6 Å². The van der Waals surface area contributed by atoms with E-state index in [0.717, 1.165) is 12.8 Å². The molecule has 9 heteroatoms. The van der Waals surface area contributed by atoms with E-state index in [1.165, 1.54) is 12.1 Å². The first kappa shape index (κ1) is 26.0. The van der Waals surface area contributed by atoms with Gasteiger partial charge in [0.15, 0.2) is 0 Å². The van der Waals surface area contributed by atoms with E-state index < -0.39 is 17.3 Å². The maximum atomic E-state index is 14.4. The third kappa shape index (κ3) is 5.82. The maximum Gasteiger partial charge on any atom is 0.422 e. The molecule has 196 valence electrons. The summed E-state index contributed by atoms with van der Waals surface area (Å²) in [6, 6.07) is 11.2. The van der Waals surface area contributed by atoms with Crippen molar-refractivity contribution >= 4 is 17.5 Å². The van der Waals surface area contributed by atoms with Gasteiger partial charge in [0, 0.05) is 26.2 Å². The highest BCUT2D eigenvalue weighted by molar-refractivity contribution is 5.76. The molecule has 1 spiro atoms. The molecule has 0 saturated carbocycles. The van der Waals surface area contributed by atoms with Gasteiger partial charge in [-0.3, -0.25) is 0 Å². The predicted octanol–water partition coefficient (Wildman–Crippen LogP) is 6.70. The second kappa shape index (κ2) is 9.75. The quantitative estimate of drug-likeness (QED) is 0.470. The molecule has 2 saturated heterocycles. The Hall–Kier alpha value is -3.10. The molecule has 2 heterocycles. The number of rotatable bonds is 3. The second-order valence-electron chi connectivity index (χ2n) is 10.8. The van der Waals surface area contributed by atoms with Crippen LogP contribution in [0.4, 0.5) is 29.3 Å². The first-order chi connectivity index (χ1) is 16.9. The number of likely N-dealkylation sites (tertiary alicyclic amines) is 1. The maximum absolute atomic E-state index is 14.4. The number of carbonyl (C=O) groups excluding carboxylic acids is 1. The fraction of sp³-hybridized carbons (Fsp3) is 0.519. The van der Waals surface area contributed by atoms with Gasteiger partial charge in [-0.2, -0.15) is 13.2 Å². The van der Waals surface area contributed by atoms with Gasteiger partial charge in [0.1, 0.15) is 22.7 Å². The molecule has 2 aromatic carbocycles. The van der Waals surface area contributed by atoms with Crippen molar-refractivity contribution in [2.24, 2.45) is 5.41 Å². The van der Waals surface area contributed by atoms with Crippen molar-refractivity contribution in [3.63, 3.8) is 0 Å². The summed E-state index contributed by atoms with van der Waals surface area (Å²) in [6.07, 6.45) is -1.96. The molecule has 36 heavy (non-hydrogen) atoms. The largest absolute Gasteiger partial charge is 0.457 e. The molecular weight excluding hydrogens is 471 g/mol. The summed E-state index contributed by atoms with van der Waals surface area (Å²) in [7, 11) is 0. The molecule has 6 nitrogen and oxygen atoms in total.